The van der Waals surface area contributed by atoms with E-state index in [0.717, 1.165) is 11.8 Å². The van der Waals surface area contributed by atoms with Gasteiger partial charge in [0.1, 0.15) is 12.4 Å². The Hall–Kier alpha value is -2.79. The lowest BCUT2D eigenvalue weighted by Gasteiger charge is -2.27. The van der Waals surface area contributed by atoms with Crippen LogP contribution in [-0.2, 0) is 22.4 Å². The second kappa shape index (κ2) is 10.1. The van der Waals surface area contributed by atoms with Gasteiger partial charge in [0, 0.05) is 36.4 Å². The first-order chi connectivity index (χ1) is 13.7. The first-order valence-corrected chi connectivity index (χ1v) is 9.17. The van der Waals surface area contributed by atoms with Crippen molar-refractivity contribution in [2.75, 3.05) is 13.2 Å². The van der Waals surface area contributed by atoms with Crippen molar-refractivity contribution in [1.82, 2.24) is 9.55 Å². The third kappa shape index (κ3) is 6.09. The molecule has 0 saturated heterocycles. The van der Waals surface area contributed by atoms with Crippen LogP contribution in [0, 0.1) is 16.4 Å². The Kier molecular flexibility index (Phi) is 7.85. The smallest absolute Gasteiger partial charge is 0.303 e. The molecule has 0 spiro atoms. The summed E-state index contributed by atoms with van der Waals surface area (Å²) in [5.74, 6) is -3.28. The zero-order valence-corrected chi connectivity index (χ0v) is 16.2. The maximum Gasteiger partial charge on any atom is 0.303 e. The van der Waals surface area contributed by atoms with Crippen LogP contribution in [-0.4, -0.2) is 44.9 Å². The summed E-state index contributed by atoms with van der Waals surface area (Å²) in [4.78, 5) is 22.3. The lowest BCUT2D eigenvalue weighted by atomic mass is 10.0. The molecule has 1 aliphatic heterocycles. The molecule has 1 aliphatic rings. The highest BCUT2D eigenvalue weighted by atomic mass is 32.1. The van der Waals surface area contributed by atoms with Gasteiger partial charge < -0.3 is 30.2 Å². The van der Waals surface area contributed by atoms with E-state index >= 15 is 0 Å². The van der Waals surface area contributed by atoms with Crippen LogP contribution in [0.1, 0.15) is 30.1 Å². The first-order valence-electron chi connectivity index (χ1n) is 8.76. The summed E-state index contributed by atoms with van der Waals surface area (Å²) in [7, 11) is 0. The van der Waals surface area contributed by atoms with Gasteiger partial charge in [-0.2, -0.15) is 0 Å². The van der Waals surface area contributed by atoms with Crippen LogP contribution >= 0.6 is 12.2 Å². The van der Waals surface area contributed by atoms with Gasteiger partial charge in [-0.1, -0.05) is 0 Å². The van der Waals surface area contributed by atoms with Crippen molar-refractivity contribution in [2.24, 2.45) is 5.73 Å². The molecule has 0 amide bonds. The summed E-state index contributed by atoms with van der Waals surface area (Å²) in [5, 5.41) is 15.8. The van der Waals surface area contributed by atoms with Crippen LogP contribution in [0.3, 0.4) is 0 Å². The van der Waals surface area contributed by atoms with E-state index in [9.17, 15) is 18.4 Å². The van der Waals surface area contributed by atoms with E-state index in [2.05, 4.69) is 4.98 Å². The molecule has 0 fully saturated rings. The molecule has 3 rings (SSSR count). The monoisotopic (exact) mass is 429 g/mol. The van der Waals surface area contributed by atoms with Gasteiger partial charge in [0.15, 0.2) is 16.3 Å². The minimum atomic E-state index is -1.08. The predicted octanol–water partition coefficient (Wildman–Crippen LogP) is 2.44. The normalized spacial score (nSPS) is 14.9. The number of H-pyrrole nitrogens is 1. The summed E-state index contributed by atoms with van der Waals surface area (Å²) in [5.41, 5.74) is 7.08. The SMILES string of the molecule is NCCc1c[nH]c(=S)n1C1COc2c(F)cc(F)cc2C1.O=C(O)CCC(=O)O. The Morgan fingerprint density at radius 2 is 1.93 bits per heavy atom. The van der Waals surface area contributed by atoms with E-state index in [1.165, 1.54) is 6.07 Å². The fourth-order valence-corrected chi connectivity index (χ4v) is 3.28. The molecule has 0 bridgehead atoms. The van der Waals surface area contributed by atoms with Crippen molar-refractivity contribution in [3.8, 4) is 5.75 Å². The van der Waals surface area contributed by atoms with Crippen LogP contribution in [0.4, 0.5) is 8.78 Å². The van der Waals surface area contributed by atoms with Gasteiger partial charge in [0.2, 0.25) is 0 Å². The third-order valence-corrected chi connectivity index (χ3v) is 4.48. The van der Waals surface area contributed by atoms with Crippen LogP contribution in [0.15, 0.2) is 18.3 Å². The Morgan fingerprint density at radius 1 is 1.28 bits per heavy atom. The van der Waals surface area contributed by atoms with Crippen molar-refractivity contribution < 1.29 is 33.3 Å². The Bertz CT molecular complexity index is 930. The molecule has 0 radical (unpaired) electrons. The lowest BCUT2D eigenvalue weighted by molar-refractivity contribution is -0.143. The Balaban J connectivity index is 0.000000321. The minimum Gasteiger partial charge on any atom is -0.488 e. The number of hydrogen-bond acceptors (Lipinski definition) is 5. The second-order valence-electron chi connectivity index (χ2n) is 6.33. The molecular weight excluding hydrogens is 408 g/mol. The number of imidazole rings is 1. The van der Waals surface area contributed by atoms with Gasteiger partial charge in [-0.25, -0.2) is 8.78 Å². The highest BCUT2D eigenvalue weighted by Crippen LogP contribution is 2.33. The van der Waals surface area contributed by atoms with Crippen LogP contribution < -0.4 is 10.5 Å². The average molecular weight is 429 g/mol. The maximum absolute atomic E-state index is 13.7. The maximum atomic E-state index is 13.7. The van der Waals surface area contributed by atoms with Crippen molar-refractivity contribution in [3.05, 3.63) is 46.0 Å². The number of nitrogens with one attached hydrogen (secondary N) is 1. The van der Waals surface area contributed by atoms with Gasteiger partial charge in [-0.3, -0.25) is 9.59 Å². The van der Waals surface area contributed by atoms with Crippen LogP contribution in [0.25, 0.3) is 0 Å². The molecule has 1 atom stereocenters. The number of halogens is 2. The van der Waals surface area contributed by atoms with Crippen LogP contribution in [0.5, 0.6) is 5.75 Å². The van der Waals surface area contributed by atoms with Gasteiger partial charge in [-0.05, 0) is 24.8 Å². The average Bonchev–Trinajstić information content (AvgIpc) is 3.00. The Morgan fingerprint density at radius 3 is 2.52 bits per heavy atom. The molecule has 5 N–H and O–H groups in total. The number of carbonyl (C=O) groups is 2. The number of aromatic amines is 1. The second-order valence-corrected chi connectivity index (χ2v) is 6.71. The highest BCUT2D eigenvalue weighted by Gasteiger charge is 2.26. The number of rotatable bonds is 6. The van der Waals surface area contributed by atoms with Crippen molar-refractivity contribution in [3.63, 3.8) is 0 Å². The lowest BCUT2D eigenvalue weighted by Crippen LogP contribution is -2.27. The zero-order valence-electron chi connectivity index (χ0n) is 15.4. The minimum absolute atomic E-state index is 0.0981. The fourth-order valence-electron chi connectivity index (χ4n) is 2.95. The zero-order chi connectivity index (χ0) is 21.6. The number of ether oxygens (including phenoxy) is 1. The van der Waals surface area contributed by atoms with E-state index in [0.29, 0.717) is 36.3 Å². The molecule has 158 valence electrons. The number of aliphatic carboxylic acids is 2. The summed E-state index contributed by atoms with van der Waals surface area (Å²) < 4.78 is 35.0. The molecular formula is C18H21F2N3O5S. The Labute approximate surface area is 169 Å². The molecule has 2 aromatic rings. The standard InChI is InChI=1S/C14H15F2N3OS.C4H6O4/c15-9-3-8-4-11(7-20-13(8)12(16)5-9)19-10(1-2-17)6-18-14(19)21;5-3(6)1-2-4(7)8/h3,5-6,11H,1-2,4,7,17H2,(H,18,21);1-2H2,(H,5,6)(H,7,8). The van der Waals surface area contributed by atoms with E-state index in [1.807, 2.05) is 10.8 Å². The van der Waals surface area contributed by atoms with E-state index in [1.54, 1.807) is 0 Å². The number of nitrogens with two attached hydrogens (primary N) is 1. The first kappa shape index (κ1) is 22.5. The summed E-state index contributed by atoms with van der Waals surface area (Å²) in [6, 6.07) is 2.05. The quantitative estimate of drug-likeness (QED) is 0.519. The molecule has 0 aliphatic carbocycles. The number of fused-ring (bicyclic) bond motifs is 1. The van der Waals surface area contributed by atoms with Crippen molar-refractivity contribution in [2.45, 2.75) is 31.7 Å². The number of aromatic nitrogens is 2. The van der Waals surface area contributed by atoms with Crippen molar-refractivity contribution in [1.29, 1.82) is 0 Å². The topological polar surface area (TPSA) is 131 Å². The summed E-state index contributed by atoms with van der Waals surface area (Å²) in [6.07, 6.45) is 2.36. The number of hydrogen-bond donors (Lipinski definition) is 4. The highest BCUT2D eigenvalue weighted by molar-refractivity contribution is 7.71. The van der Waals surface area contributed by atoms with Crippen LogP contribution in [0.2, 0.25) is 0 Å². The number of nitrogens with zero attached hydrogens (tertiary/aromatic N) is 1. The molecule has 2 heterocycles. The van der Waals surface area contributed by atoms with Gasteiger partial charge >= 0.3 is 11.9 Å². The van der Waals surface area contributed by atoms with E-state index in [-0.39, 0.29) is 24.6 Å². The molecule has 11 heteroatoms. The molecule has 29 heavy (non-hydrogen) atoms. The van der Waals surface area contributed by atoms with E-state index in [4.69, 9.17) is 32.9 Å². The molecule has 0 saturated carbocycles. The molecule has 1 aromatic heterocycles. The van der Waals surface area contributed by atoms with Gasteiger partial charge in [0.25, 0.3) is 0 Å². The number of carboxylic acid groups (broad SMARTS) is 2. The predicted molar refractivity (Wildman–Crippen MR) is 101 cm³/mol. The number of benzene rings is 1. The molecule has 8 nitrogen and oxygen atoms in total. The van der Waals surface area contributed by atoms with Gasteiger partial charge in [-0.15, -0.1) is 0 Å². The van der Waals surface area contributed by atoms with E-state index < -0.39 is 23.6 Å². The molecule has 1 aromatic carbocycles. The van der Waals surface area contributed by atoms with Gasteiger partial charge in [0.05, 0.1) is 18.9 Å². The number of carboxylic acids is 2. The molecule has 1 unspecified atom stereocenters. The summed E-state index contributed by atoms with van der Waals surface area (Å²) >= 11 is 5.28. The fraction of sp³-hybridized carbons (Fsp3) is 0.389. The largest absolute Gasteiger partial charge is 0.488 e. The summed E-state index contributed by atoms with van der Waals surface area (Å²) in [6.45, 7) is 0.791. The third-order valence-electron chi connectivity index (χ3n) is 4.17. The van der Waals surface area contributed by atoms with Crippen molar-refractivity contribution >= 4 is 24.2 Å².